The normalized spacial score (nSPS) is 18.6. The number of aliphatic hydroxyl groups is 1. The number of rotatable bonds is 5. The highest BCUT2D eigenvalue weighted by molar-refractivity contribution is 6.30. The van der Waals surface area contributed by atoms with Gasteiger partial charge in [-0.15, -0.1) is 0 Å². The van der Waals surface area contributed by atoms with Crippen molar-refractivity contribution in [2.24, 2.45) is 0 Å². The fourth-order valence-corrected chi connectivity index (χ4v) is 2.07. The average molecular weight is 272 g/mol. The monoisotopic (exact) mass is 271 g/mol. The van der Waals surface area contributed by atoms with Crippen molar-refractivity contribution in [2.45, 2.75) is 6.10 Å². The molecular formula is C12H18ClN3O2. The van der Waals surface area contributed by atoms with Crippen molar-refractivity contribution in [1.29, 1.82) is 0 Å². The van der Waals surface area contributed by atoms with Gasteiger partial charge in [0, 0.05) is 45.0 Å². The maximum Gasteiger partial charge on any atom is 0.139 e. The van der Waals surface area contributed by atoms with Crippen LogP contribution >= 0.6 is 11.6 Å². The predicted octanol–water partition coefficient (Wildman–Crippen LogP) is 0.380. The molecule has 1 aromatic rings. The molecule has 1 aromatic heterocycles. The van der Waals surface area contributed by atoms with Crippen molar-refractivity contribution in [2.75, 3.05) is 39.3 Å². The van der Waals surface area contributed by atoms with Crippen LogP contribution < -0.4 is 10.1 Å². The van der Waals surface area contributed by atoms with Gasteiger partial charge in [0.1, 0.15) is 18.5 Å². The lowest BCUT2D eigenvalue weighted by Gasteiger charge is -2.28. The zero-order chi connectivity index (χ0) is 12.8. The average Bonchev–Trinajstić information content (AvgIpc) is 2.38. The summed E-state index contributed by atoms with van der Waals surface area (Å²) in [4.78, 5) is 6.14. The molecule has 1 atom stereocenters. The summed E-state index contributed by atoms with van der Waals surface area (Å²) in [5.41, 5.74) is 0. The smallest absolute Gasteiger partial charge is 0.139 e. The topological polar surface area (TPSA) is 57.6 Å². The molecule has 1 unspecified atom stereocenters. The maximum atomic E-state index is 9.89. The summed E-state index contributed by atoms with van der Waals surface area (Å²) in [6.45, 7) is 4.78. The Hall–Kier alpha value is -0.880. The van der Waals surface area contributed by atoms with Gasteiger partial charge in [0.25, 0.3) is 0 Å². The Morgan fingerprint density at radius 1 is 1.44 bits per heavy atom. The van der Waals surface area contributed by atoms with Crippen molar-refractivity contribution in [1.82, 2.24) is 15.2 Å². The minimum Gasteiger partial charge on any atom is -0.489 e. The zero-order valence-corrected chi connectivity index (χ0v) is 10.9. The lowest BCUT2D eigenvalue weighted by molar-refractivity contribution is 0.0640. The Morgan fingerprint density at radius 3 is 2.94 bits per heavy atom. The van der Waals surface area contributed by atoms with Crippen LogP contribution in [0.5, 0.6) is 5.75 Å². The van der Waals surface area contributed by atoms with Crippen LogP contribution in [0, 0.1) is 0 Å². The predicted molar refractivity (Wildman–Crippen MR) is 70.1 cm³/mol. The second-order valence-corrected chi connectivity index (χ2v) is 4.79. The minimum absolute atomic E-state index is 0.256. The summed E-state index contributed by atoms with van der Waals surface area (Å²) in [6.07, 6.45) is 2.64. The van der Waals surface area contributed by atoms with E-state index in [1.807, 2.05) is 0 Å². The van der Waals surface area contributed by atoms with Crippen LogP contribution in [-0.4, -0.2) is 60.4 Å². The molecule has 0 bridgehead atoms. The molecule has 5 nitrogen and oxygen atoms in total. The lowest BCUT2D eigenvalue weighted by atomic mass is 10.3. The van der Waals surface area contributed by atoms with Crippen molar-refractivity contribution in [3.63, 3.8) is 0 Å². The number of pyridine rings is 1. The molecule has 100 valence electrons. The van der Waals surface area contributed by atoms with Crippen LogP contribution in [0.4, 0.5) is 0 Å². The van der Waals surface area contributed by atoms with E-state index < -0.39 is 6.10 Å². The molecule has 1 aliphatic rings. The van der Waals surface area contributed by atoms with E-state index in [9.17, 15) is 5.11 Å². The van der Waals surface area contributed by atoms with Crippen LogP contribution in [-0.2, 0) is 0 Å². The molecule has 0 saturated carbocycles. The first-order valence-electron chi connectivity index (χ1n) is 6.08. The second-order valence-electron chi connectivity index (χ2n) is 4.35. The molecule has 2 heterocycles. The van der Waals surface area contributed by atoms with E-state index in [0.717, 1.165) is 26.2 Å². The van der Waals surface area contributed by atoms with Gasteiger partial charge in [0.2, 0.25) is 0 Å². The minimum atomic E-state index is -0.498. The van der Waals surface area contributed by atoms with Crippen LogP contribution in [0.25, 0.3) is 0 Å². The Kier molecular flexibility index (Phi) is 5.19. The number of halogens is 1. The van der Waals surface area contributed by atoms with E-state index in [4.69, 9.17) is 16.3 Å². The standard InChI is InChI=1S/C12H18ClN3O2/c13-10-5-12(7-15-6-10)18-9-11(17)8-16-3-1-14-2-4-16/h5-7,11,14,17H,1-4,8-9H2. The van der Waals surface area contributed by atoms with Gasteiger partial charge >= 0.3 is 0 Å². The quantitative estimate of drug-likeness (QED) is 0.811. The molecule has 2 rings (SSSR count). The van der Waals surface area contributed by atoms with Gasteiger partial charge in [0.05, 0.1) is 11.2 Å². The van der Waals surface area contributed by atoms with Crippen LogP contribution in [0.3, 0.4) is 0 Å². The molecule has 6 heteroatoms. The molecule has 0 spiro atoms. The molecule has 1 fully saturated rings. The van der Waals surface area contributed by atoms with Crippen molar-refractivity contribution in [3.8, 4) is 5.75 Å². The first-order valence-corrected chi connectivity index (χ1v) is 6.46. The largest absolute Gasteiger partial charge is 0.489 e. The van der Waals surface area contributed by atoms with Crippen molar-refractivity contribution < 1.29 is 9.84 Å². The summed E-state index contributed by atoms with van der Waals surface area (Å²) in [6, 6.07) is 1.69. The van der Waals surface area contributed by atoms with E-state index in [2.05, 4.69) is 15.2 Å². The molecular weight excluding hydrogens is 254 g/mol. The highest BCUT2D eigenvalue weighted by Gasteiger charge is 2.14. The lowest BCUT2D eigenvalue weighted by Crippen LogP contribution is -2.47. The van der Waals surface area contributed by atoms with E-state index in [1.165, 1.54) is 0 Å². The van der Waals surface area contributed by atoms with Crippen LogP contribution in [0.2, 0.25) is 5.02 Å². The third kappa shape index (κ3) is 4.42. The van der Waals surface area contributed by atoms with Crippen molar-refractivity contribution in [3.05, 3.63) is 23.5 Å². The molecule has 0 amide bonds. The number of hydrogen-bond acceptors (Lipinski definition) is 5. The summed E-state index contributed by atoms with van der Waals surface area (Å²) in [5, 5.41) is 13.7. The summed E-state index contributed by atoms with van der Waals surface area (Å²) in [7, 11) is 0. The number of aromatic nitrogens is 1. The molecule has 2 N–H and O–H groups in total. The van der Waals surface area contributed by atoms with Crippen LogP contribution in [0.15, 0.2) is 18.5 Å². The SMILES string of the molecule is OC(COc1cncc(Cl)c1)CN1CCNCC1. The molecule has 0 radical (unpaired) electrons. The van der Waals surface area contributed by atoms with Gasteiger partial charge in [-0.1, -0.05) is 11.6 Å². The van der Waals surface area contributed by atoms with Gasteiger partial charge < -0.3 is 15.2 Å². The molecule has 1 saturated heterocycles. The number of piperazine rings is 1. The Balaban J connectivity index is 1.72. The van der Waals surface area contributed by atoms with Crippen molar-refractivity contribution >= 4 is 11.6 Å². The van der Waals surface area contributed by atoms with Gasteiger partial charge in [-0.2, -0.15) is 0 Å². The Labute approximate surface area is 112 Å². The third-order valence-electron chi connectivity index (χ3n) is 2.80. The highest BCUT2D eigenvalue weighted by atomic mass is 35.5. The third-order valence-corrected chi connectivity index (χ3v) is 3.01. The highest BCUT2D eigenvalue weighted by Crippen LogP contribution is 2.15. The maximum absolute atomic E-state index is 9.89. The molecule has 18 heavy (non-hydrogen) atoms. The molecule has 0 aromatic carbocycles. The van der Waals surface area contributed by atoms with Gasteiger partial charge in [-0.3, -0.25) is 9.88 Å². The van der Waals surface area contributed by atoms with E-state index in [0.29, 0.717) is 17.3 Å². The second kappa shape index (κ2) is 6.89. The number of aliphatic hydroxyl groups excluding tert-OH is 1. The van der Waals surface area contributed by atoms with E-state index in [-0.39, 0.29) is 6.61 Å². The number of nitrogens with zero attached hydrogens (tertiary/aromatic N) is 2. The molecule has 1 aliphatic heterocycles. The van der Waals surface area contributed by atoms with E-state index in [1.54, 1.807) is 18.5 Å². The van der Waals surface area contributed by atoms with Gasteiger partial charge in [0.15, 0.2) is 0 Å². The van der Waals surface area contributed by atoms with E-state index >= 15 is 0 Å². The van der Waals surface area contributed by atoms with Crippen LogP contribution in [0.1, 0.15) is 0 Å². The Bertz CT molecular complexity index is 372. The summed E-state index contributed by atoms with van der Waals surface area (Å²) in [5.74, 6) is 0.585. The van der Waals surface area contributed by atoms with Gasteiger partial charge in [-0.05, 0) is 0 Å². The fourth-order valence-electron chi connectivity index (χ4n) is 1.91. The number of β-amino-alcohol motifs (C(OH)–C–C–N with tert-alkyl or cyclic N) is 1. The Morgan fingerprint density at radius 2 is 2.22 bits per heavy atom. The first-order chi connectivity index (χ1) is 8.74. The number of ether oxygens (including phenoxy) is 1. The summed E-state index contributed by atoms with van der Waals surface area (Å²) < 4.78 is 5.45. The zero-order valence-electron chi connectivity index (χ0n) is 10.2. The summed E-state index contributed by atoms with van der Waals surface area (Å²) >= 11 is 5.80. The number of hydrogen-bond donors (Lipinski definition) is 2. The first kappa shape index (κ1) is 13.5. The number of nitrogens with one attached hydrogen (secondary N) is 1. The molecule has 0 aliphatic carbocycles. The fraction of sp³-hybridized carbons (Fsp3) is 0.583. The van der Waals surface area contributed by atoms with Gasteiger partial charge in [-0.25, -0.2) is 0 Å².